The van der Waals surface area contributed by atoms with Gasteiger partial charge in [0.05, 0.1) is 27.7 Å². The minimum atomic E-state index is -0.453. The number of nitrogens with one attached hydrogen (secondary N) is 1. The lowest BCUT2D eigenvalue weighted by Gasteiger charge is -2.07. The summed E-state index contributed by atoms with van der Waals surface area (Å²) in [6, 6.07) is 5.35. The Morgan fingerprint density at radius 3 is 2.76 bits per heavy atom. The molecule has 0 bridgehead atoms. The Morgan fingerprint density at radius 2 is 2.14 bits per heavy atom. The molecule has 1 amide bonds. The molecule has 21 heavy (non-hydrogen) atoms. The van der Waals surface area contributed by atoms with E-state index in [2.05, 4.69) is 17.2 Å². The zero-order valence-electron chi connectivity index (χ0n) is 10.5. The second kappa shape index (κ2) is 6.92. The molecule has 7 heteroatoms. The number of anilines is 1. The molecule has 1 aromatic carbocycles. The molecule has 2 aromatic rings. The van der Waals surface area contributed by atoms with Crippen LogP contribution in [0.5, 0.6) is 0 Å². The van der Waals surface area contributed by atoms with Crippen LogP contribution in [-0.4, -0.2) is 12.5 Å². The second-order valence-corrected chi connectivity index (χ2v) is 6.17. The average Bonchev–Trinajstić information content (AvgIpc) is 2.78. The molecule has 3 nitrogen and oxygen atoms in total. The molecular weight excluding hydrogens is 334 g/mol. The van der Waals surface area contributed by atoms with E-state index in [9.17, 15) is 9.18 Å². The number of rotatable bonds is 2. The summed E-state index contributed by atoms with van der Waals surface area (Å²) in [7, 11) is 0. The van der Waals surface area contributed by atoms with Gasteiger partial charge in [0.15, 0.2) is 0 Å². The van der Waals surface area contributed by atoms with E-state index >= 15 is 0 Å². The van der Waals surface area contributed by atoms with Gasteiger partial charge >= 0.3 is 0 Å². The van der Waals surface area contributed by atoms with Crippen molar-refractivity contribution in [3.63, 3.8) is 0 Å². The first kappa shape index (κ1) is 15.8. The highest BCUT2D eigenvalue weighted by Gasteiger charge is 2.15. The van der Waals surface area contributed by atoms with Crippen molar-refractivity contribution in [1.29, 1.82) is 0 Å². The lowest BCUT2D eigenvalue weighted by Crippen LogP contribution is -2.12. The van der Waals surface area contributed by atoms with Gasteiger partial charge in [-0.3, -0.25) is 4.79 Å². The van der Waals surface area contributed by atoms with Crippen molar-refractivity contribution in [3.8, 4) is 11.8 Å². The second-order valence-electron chi connectivity index (χ2n) is 3.89. The Bertz CT molecular complexity index is 749. The van der Waals surface area contributed by atoms with E-state index in [1.54, 1.807) is 0 Å². The fourth-order valence-corrected chi connectivity index (χ4v) is 3.02. The normalized spacial score (nSPS) is 9.90. The zero-order chi connectivity index (χ0) is 15.4. The molecule has 0 aliphatic rings. The van der Waals surface area contributed by atoms with Gasteiger partial charge in [-0.15, -0.1) is 11.3 Å². The molecular formula is C14H9Cl2FN2OS. The molecule has 0 unspecified atom stereocenters. The lowest BCUT2D eigenvalue weighted by atomic mass is 10.1. The number of carbonyl (C=O) groups excluding carboxylic acids is 1. The summed E-state index contributed by atoms with van der Waals surface area (Å²) in [5.41, 5.74) is 6.27. The first-order valence-corrected chi connectivity index (χ1v) is 7.33. The predicted molar refractivity (Wildman–Crippen MR) is 84.6 cm³/mol. The molecule has 3 N–H and O–H groups in total. The van der Waals surface area contributed by atoms with Crippen LogP contribution >= 0.6 is 34.5 Å². The number of thiophene rings is 1. The number of halogens is 3. The molecule has 1 aromatic heterocycles. The number of benzene rings is 1. The van der Waals surface area contributed by atoms with Crippen molar-refractivity contribution in [3.05, 3.63) is 49.9 Å². The molecule has 0 radical (unpaired) electrons. The third-order valence-electron chi connectivity index (χ3n) is 2.46. The van der Waals surface area contributed by atoms with Gasteiger partial charge in [-0.25, -0.2) is 4.39 Å². The number of nitrogens with two attached hydrogens (primary N) is 1. The van der Waals surface area contributed by atoms with E-state index < -0.39 is 11.7 Å². The summed E-state index contributed by atoms with van der Waals surface area (Å²) >= 11 is 12.8. The Labute approximate surface area is 134 Å². The smallest absolute Gasteiger partial charge is 0.258 e. The molecule has 2 rings (SSSR count). The first-order valence-electron chi connectivity index (χ1n) is 5.76. The third kappa shape index (κ3) is 3.96. The summed E-state index contributed by atoms with van der Waals surface area (Å²) in [6.07, 6.45) is 0. The molecule has 0 atom stereocenters. The Kier molecular flexibility index (Phi) is 5.21. The molecule has 0 saturated carbocycles. The average molecular weight is 343 g/mol. The fourth-order valence-electron chi connectivity index (χ4n) is 1.56. The predicted octanol–water partition coefficient (Wildman–Crippen LogP) is 3.76. The van der Waals surface area contributed by atoms with Crippen molar-refractivity contribution >= 4 is 46.1 Å². The van der Waals surface area contributed by atoms with Crippen LogP contribution < -0.4 is 11.1 Å². The van der Waals surface area contributed by atoms with E-state index in [0.717, 1.165) is 11.3 Å². The van der Waals surface area contributed by atoms with E-state index in [0.29, 0.717) is 15.6 Å². The van der Waals surface area contributed by atoms with Gasteiger partial charge in [0, 0.05) is 0 Å². The van der Waals surface area contributed by atoms with Gasteiger partial charge in [0.2, 0.25) is 0 Å². The van der Waals surface area contributed by atoms with Gasteiger partial charge in [0.25, 0.3) is 5.91 Å². The minimum Gasteiger partial charge on any atom is -0.321 e. The van der Waals surface area contributed by atoms with Crippen molar-refractivity contribution in [2.75, 3.05) is 11.9 Å². The molecule has 0 aliphatic carbocycles. The molecule has 108 valence electrons. The number of carbonyl (C=O) groups is 1. The van der Waals surface area contributed by atoms with E-state index in [1.807, 2.05) is 0 Å². The Hall–Kier alpha value is -1.58. The largest absolute Gasteiger partial charge is 0.321 e. The fraction of sp³-hybridized carbons (Fsp3) is 0.0714. The van der Waals surface area contributed by atoms with Crippen LogP contribution in [0.1, 0.15) is 15.9 Å². The van der Waals surface area contributed by atoms with Crippen LogP contribution in [-0.2, 0) is 0 Å². The highest BCUT2D eigenvalue weighted by molar-refractivity contribution is 7.20. The SMILES string of the molecule is NCC#Cc1cc(F)ccc1NC(=O)c1cc(Cl)sc1Cl. The van der Waals surface area contributed by atoms with Crippen LogP contribution in [0.25, 0.3) is 0 Å². The van der Waals surface area contributed by atoms with Crippen molar-refractivity contribution < 1.29 is 9.18 Å². The molecule has 0 saturated heterocycles. The third-order valence-corrected chi connectivity index (χ3v) is 3.94. The molecule has 0 fully saturated rings. The Morgan fingerprint density at radius 1 is 1.38 bits per heavy atom. The van der Waals surface area contributed by atoms with Gasteiger partial charge in [0.1, 0.15) is 10.2 Å². The van der Waals surface area contributed by atoms with Gasteiger partial charge in [-0.05, 0) is 24.3 Å². The highest BCUT2D eigenvalue weighted by Crippen LogP contribution is 2.31. The standard InChI is InChI=1S/C14H9Cl2FN2OS/c15-12-7-10(13(16)21-12)14(20)19-11-4-3-9(17)6-8(11)2-1-5-18/h3-4,6-7H,5,18H2,(H,19,20). The highest BCUT2D eigenvalue weighted by atomic mass is 35.5. The van der Waals surface area contributed by atoms with Crippen LogP contribution in [0, 0.1) is 17.7 Å². The monoisotopic (exact) mass is 342 g/mol. The van der Waals surface area contributed by atoms with Gasteiger partial charge in [-0.1, -0.05) is 35.0 Å². The summed E-state index contributed by atoms with van der Waals surface area (Å²) in [5, 5.41) is 2.63. The first-order chi connectivity index (χ1) is 10.0. The maximum Gasteiger partial charge on any atom is 0.258 e. The van der Waals surface area contributed by atoms with Crippen molar-refractivity contribution in [2.24, 2.45) is 5.73 Å². The minimum absolute atomic E-state index is 0.135. The van der Waals surface area contributed by atoms with Crippen molar-refractivity contribution in [1.82, 2.24) is 0 Å². The molecule has 0 spiro atoms. The van der Waals surface area contributed by atoms with Crippen LogP contribution in [0.15, 0.2) is 24.3 Å². The molecule has 0 aliphatic heterocycles. The summed E-state index contributed by atoms with van der Waals surface area (Å²) < 4.78 is 13.9. The van der Waals surface area contributed by atoms with Gasteiger partial charge < -0.3 is 11.1 Å². The van der Waals surface area contributed by atoms with E-state index in [-0.39, 0.29) is 16.4 Å². The van der Waals surface area contributed by atoms with E-state index in [4.69, 9.17) is 28.9 Å². The number of hydrogen-bond acceptors (Lipinski definition) is 3. The summed E-state index contributed by atoms with van der Waals surface area (Å²) in [4.78, 5) is 12.1. The topological polar surface area (TPSA) is 55.1 Å². The van der Waals surface area contributed by atoms with E-state index in [1.165, 1.54) is 24.3 Å². The van der Waals surface area contributed by atoms with Gasteiger partial charge in [-0.2, -0.15) is 0 Å². The van der Waals surface area contributed by atoms with Crippen LogP contribution in [0.3, 0.4) is 0 Å². The number of amides is 1. The summed E-state index contributed by atoms with van der Waals surface area (Å²) in [5.74, 6) is 4.43. The quantitative estimate of drug-likeness (QED) is 0.816. The van der Waals surface area contributed by atoms with Crippen molar-refractivity contribution in [2.45, 2.75) is 0 Å². The lowest BCUT2D eigenvalue weighted by molar-refractivity contribution is 0.102. The summed E-state index contributed by atoms with van der Waals surface area (Å²) in [6.45, 7) is 0.135. The molecule has 1 heterocycles. The maximum atomic E-state index is 13.3. The Balaban J connectivity index is 2.31. The number of hydrogen-bond donors (Lipinski definition) is 2. The maximum absolute atomic E-state index is 13.3. The zero-order valence-corrected chi connectivity index (χ0v) is 12.9. The van der Waals surface area contributed by atoms with Crippen LogP contribution in [0.2, 0.25) is 8.67 Å². The van der Waals surface area contributed by atoms with Crippen LogP contribution in [0.4, 0.5) is 10.1 Å².